The molecule has 5 heterocycles. The first-order valence-electron chi connectivity index (χ1n) is 27.5. The highest BCUT2D eigenvalue weighted by Gasteiger charge is 2.30. The number of aromatic carboxylic acids is 5. The number of aromatic nitrogens is 10. The van der Waals surface area contributed by atoms with Crippen molar-refractivity contribution in [3.8, 4) is 34.5 Å². The lowest BCUT2D eigenvalue weighted by Crippen LogP contribution is -2.40. The van der Waals surface area contributed by atoms with E-state index < -0.39 is 47.1 Å². The second-order valence-corrected chi connectivity index (χ2v) is 20.1. The molecule has 0 aliphatic heterocycles. The number of fused-ring (bicyclic) bond motifs is 9. The van der Waals surface area contributed by atoms with E-state index in [4.69, 9.17) is 35.7 Å². The molecule has 10 aromatic carbocycles. The monoisotopic (exact) mass is 1350 g/mol. The molecule has 0 aliphatic carbocycles. The second kappa shape index (κ2) is 29.0. The Morgan fingerprint density at radius 3 is 1.22 bits per heavy atom. The number of nitrogens with zero attached hydrogens (tertiary/aromatic N) is 10. The first-order chi connectivity index (χ1) is 46.3. The number of carboxylic acid groups (broad SMARTS) is 5. The molecule has 15 aromatic rings. The molecule has 0 unspecified atom stereocenters. The van der Waals surface area contributed by atoms with Crippen LogP contribution in [0.15, 0.2) is 193 Å². The fourth-order valence-corrected chi connectivity index (χ4v) is 9.51. The molecule has 5 aromatic heterocycles. The van der Waals surface area contributed by atoms with Crippen LogP contribution < -0.4 is 23.8 Å². The minimum Gasteiger partial charge on any atom is -0.617 e. The third-order valence-electron chi connectivity index (χ3n) is 14.0. The van der Waals surface area contributed by atoms with Gasteiger partial charge in [-0.05, 0) is 95.9 Å². The van der Waals surface area contributed by atoms with Gasteiger partial charge in [0, 0.05) is 41.6 Å². The van der Waals surface area contributed by atoms with Crippen LogP contribution in [-0.2, 0) is 0 Å². The number of carboxylic acids is 5. The zero-order valence-electron chi connectivity index (χ0n) is 48.8. The Kier molecular flexibility index (Phi) is 20.5. The van der Waals surface area contributed by atoms with Crippen molar-refractivity contribution >= 4 is 129 Å². The molecule has 0 radical (unpaired) electrons. The molecular formula is C67H50N10O22. The summed E-state index contributed by atoms with van der Waals surface area (Å²) in [6.07, 6.45) is 0. The average Bonchev–Trinajstić information content (AvgIpc) is 1.22. The first-order valence-corrected chi connectivity index (χ1v) is 27.5. The lowest BCUT2D eigenvalue weighted by Gasteiger charge is -2.09. The molecule has 15 rings (SSSR count). The van der Waals surface area contributed by atoms with Crippen molar-refractivity contribution in [3.05, 3.63) is 242 Å². The predicted molar refractivity (Wildman–Crippen MR) is 350 cm³/mol. The summed E-state index contributed by atoms with van der Waals surface area (Å²) < 4.78 is 5.89. The Morgan fingerprint density at radius 2 is 0.707 bits per heavy atom. The van der Waals surface area contributed by atoms with E-state index in [0.717, 1.165) is 36.4 Å². The standard InChI is InChI=1S/2C13H8N2O5.2C13H8N2O3.C7H6O4.C6H4N2O2.2CH4/c16-11-6-7(13(17)18)5-10-12(11)15(20)9-4-2-1-3-8(9)14(10)19;16-10-6-5-7(13(17)18)11-12(10)15(20)9-4-2-1-3-8(9)14(11)19;16-11-6-7(13(17)18)5-10-12(11)15-9-4-2-1-3-8(9)14-10;16-10-6-5-7(13(17)18)11-12(10)15-9-4-2-1-3-8(9)14-11;8-5-2-1-4(7(10)11)3-6(5)9;9-8-6-4-2-1-3-5(6)7-10-8;;/h2*1-6,16H,(H,17,18);2*1-6,16H,(H,17,18);1-3,8-9H,(H,10,11);1-4H;2*1H4. The normalized spacial score (nSPS) is 10.5. The Hall–Kier alpha value is -14.9. The van der Waals surface area contributed by atoms with Gasteiger partial charge in [0.15, 0.2) is 23.0 Å². The van der Waals surface area contributed by atoms with Crippen LogP contribution in [0.25, 0.3) is 99.3 Å². The summed E-state index contributed by atoms with van der Waals surface area (Å²) in [4.78, 5) is 71.9. The summed E-state index contributed by atoms with van der Waals surface area (Å²) >= 11 is 0. The number of rotatable bonds is 5. The number of hydrogen-bond acceptors (Lipinski definition) is 22. The Bertz CT molecular complexity index is 5720. The van der Waals surface area contributed by atoms with Crippen molar-refractivity contribution in [2.75, 3.05) is 0 Å². The number of phenolic OH excluding ortho intramolecular Hbond substituents is 6. The quantitative estimate of drug-likeness (QED) is 0.0334. The SMILES string of the molecule is C.C.O=C(O)c1cc(O)c2c(c1)[n+]([O-])c1ccccc1[n+]2[O-].O=C(O)c1cc(O)c2nc3ccccc3nc2c1.O=C(O)c1ccc(O)c(O)c1.O=C(O)c1ccc(O)c2c1[n+]([O-])c1ccccc1[n+]2[O-].O=C(O)c1ccc(O)c2nc3ccccc3nc12.[O-][n+]1onc2ccccc21. The average molecular weight is 1350 g/mol. The van der Waals surface area contributed by atoms with Gasteiger partial charge in [-0.3, -0.25) is 4.63 Å². The van der Waals surface area contributed by atoms with E-state index in [9.17, 15) is 70.4 Å². The maximum absolute atomic E-state index is 12.3. The summed E-state index contributed by atoms with van der Waals surface area (Å²) in [5.41, 5.74) is 3.06. The zero-order valence-corrected chi connectivity index (χ0v) is 48.8. The van der Waals surface area contributed by atoms with Gasteiger partial charge in [-0.25, -0.2) is 43.9 Å². The van der Waals surface area contributed by atoms with E-state index in [2.05, 4.69) is 29.7 Å². The van der Waals surface area contributed by atoms with Crippen molar-refractivity contribution in [1.29, 1.82) is 0 Å². The van der Waals surface area contributed by atoms with Crippen LogP contribution in [0, 0.1) is 26.0 Å². The molecule has 0 saturated heterocycles. The zero-order chi connectivity index (χ0) is 69.7. The van der Waals surface area contributed by atoms with Crippen molar-refractivity contribution < 1.29 is 109 Å². The number of phenols is 6. The molecule has 11 N–H and O–H groups in total. The van der Waals surface area contributed by atoms with Crippen molar-refractivity contribution in [3.63, 3.8) is 0 Å². The molecule has 0 aliphatic rings. The lowest BCUT2D eigenvalue weighted by molar-refractivity contribution is -0.782. The van der Waals surface area contributed by atoms with E-state index in [-0.39, 0.29) is 115 Å². The summed E-state index contributed by atoms with van der Waals surface area (Å²) in [5.74, 6) is -7.99. The topological polar surface area (TPSA) is 520 Å². The van der Waals surface area contributed by atoms with Crippen molar-refractivity contribution in [1.82, 2.24) is 25.1 Å². The van der Waals surface area contributed by atoms with Crippen LogP contribution in [0.2, 0.25) is 0 Å². The largest absolute Gasteiger partial charge is 0.617 e. The van der Waals surface area contributed by atoms with Crippen LogP contribution in [-0.4, -0.2) is 111 Å². The van der Waals surface area contributed by atoms with Gasteiger partial charge in [0.1, 0.15) is 33.6 Å². The third-order valence-corrected chi connectivity index (χ3v) is 14.0. The minimum atomic E-state index is -1.35. The number of para-hydroxylation sites is 9. The molecule has 99 heavy (non-hydrogen) atoms. The number of benzene rings is 10. The molecule has 0 atom stereocenters. The highest BCUT2D eigenvalue weighted by atomic mass is 16.8. The highest BCUT2D eigenvalue weighted by Crippen LogP contribution is 2.30. The van der Waals surface area contributed by atoms with Gasteiger partial charge in [-0.15, -0.1) is 0 Å². The van der Waals surface area contributed by atoms with Gasteiger partial charge in [0.2, 0.25) is 11.0 Å². The van der Waals surface area contributed by atoms with Gasteiger partial charge in [0.05, 0.1) is 49.8 Å². The number of aromatic hydroxyl groups is 6. The second-order valence-electron chi connectivity index (χ2n) is 20.1. The minimum absolute atomic E-state index is 0. The summed E-state index contributed by atoms with van der Waals surface area (Å²) in [6, 6.07) is 46.0. The molecule has 0 bridgehead atoms. The lowest BCUT2D eigenvalue weighted by atomic mass is 10.1. The molecular weight excluding hydrogens is 1300 g/mol. The van der Waals surface area contributed by atoms with E-state index >= 15 is 0 Å². The van der Waals surface area contributed by atoms with Gasteiger partial charge in [-0.2, -0.15) is 18.9 Å². The first kappa shape index (κ1) is 70.0. The van der Waals surface area contributed by atoms with E-state index in [1.807, 2.05) is 12.1 Å². The summed E-state index contributed by atoms with van der Waals surface area (Å²) in [7, 11) is 0. The van der Waals surface area contributed by atoms with Gasteiger partial charge < -0.3 is 82.2 Å². The fourth-order valence-electron chi connectivity index (χ4n) is 9.51. The van der Waals surface area contributed by atoms with Crippen LogP contribution in [0.3, 0.4) is 0 Å². The van der Waals surface area contributed by atoms with Gasteiger partial charge in [0.25, 0.3) is 27.6 Å². The Labute approximate surface area is 552 Å². The fraction of sp³-hybridized carbons (Fsp3) is 0.0299. The predicted octanol–water partition coefficient (Wildman–Crippen LogP) is 8.23. The third kappa shape index (κ3) is 14.2. The van der Waals surface area contributed by atoms with Crippen LogP contribution in [0.4, 0.5) is 0 Å². The van der Waals surface area contributed by atoms with Crippen molar-refractivity contribution in [2.24, 2.45) is 0 Å². The number of carbonyl (C=O) groups is 5. The highest BCUT2D eigenvalue weighted by molar-refractivity contribution is 6.05. The number of hydrogen-bond donors (Lipinski definition) is 11. The molecule has 0 saturated carbocycles. The molecule has 32 nitrogen and oxygen atoms in total. The molecule has 500 valence electrons. The summed E-state index contributed by atoms with van der Waals surface area (Å²) in [5, 5.41) is 164. The van der Waals surface area contributed by atoms with Crippen LogP contribution in [0.5, 0.6) is 34.5 Å². The Morgan fingerprint density at radius 1 is 0.303 bits per heavy atom. The van der Waals surface area contributed by atoms with Crippen LogP contribution >= 0.6 is 0 Å². The van der Waals surface area contributed by atoms with Gasteiger partial charge in [-0.1, -0.05) is 75.5 Å². The summed E-state index contributed by atoms with van der Waals surface area (Å²) in [6.45, 7) is 0. The van der Waals surface area contributed by atoms with E-state index in [1.54, 1.807) is 84.9 Å². The van der Waals surface area contributed by atoms with E-state index in [0.29, 0.717) is 68.0 Å². The van der Waals surface area contributed by atoms with Crippen molar-refractivity contribution in [2.45, 2.75) is 14.9 Å². The smallest absolute Gasteiger partial charge is 0.342 e. The molecule has 0 spiro atoms. The maximum atomic E-state index is 12.3. The van der Waals surface area contributed by atoms with Gasteiger partial charge >= 0.3 is 46.4 Å². The molecule has 32 heteroatoms. The molecule has 0 amide bonds. The Balaban J connectivity index is 0.000000153. The molecule has 0 fully saturated rings. The van der Waals surface area contributed by atoms with E-state index in [1.165, 1.54) is 54.6 Å². The van der Waals surface area contributed by atoms with Crippen LogP contribution in [0.1, 0.15) is 66.6 Å². The maximum Gasteiger partial charge on any atom is 0.342 e.